The molecule has 3 aromatic rings. The summed E-state index contributed by atoms with van der Waals surface area (Å²) in [5, 5.41) is 15.5. The Labute approximate surface area is 110 Å². The molecule has 0 radical (unpaired) electrons. The largest absolute Gasteiger partial charge is 0.507 e. The van der Waals surface area contributed by atoms with Crippen LogP contribution in [0.2, 0.25) is 0 Å². The maximum absolute atomic E-state index is 10.5. The van der Waals surface area contributed by atoms with E-state index in [-0.39, 0.29) is 5.75 Å². The molecule has 3 rings (SSSR count). The van der Waals surface area contributed by atoms with Gasteiger partial charge in [-0.05, 0) is 31.5 Å². The standard InChI is InChI=1S/C14H16N4O/c1-7-8(2)17-11-5-4-9(13(19)12(7)11)10-6-16-18(3)14(10)15/h4-6,17,19H,15H2,1-3H3. The molecule has 0 saturated carbocycles. The number of anilines is 1. The van der Waals surface area contributed by atoms with Crippen LogP contribution in [0.4, 0.5) is 5.82 Å². The summed E-state index contributed by atoms with van der Waals surface area (Å²) in [6.45, 7) is 3.98. The van der Waals surface area contributed by atoms with Crippen molar-refractivity contribution >= 4 is 16.7 Å². The lowest BCUT2D eigenvalue weighted by atomic mass is 10.0. The minimum atomic E-state index is 0.249. The van der Waals surface area contributed by atoms with Crippen molar-refractivity contribution < 1.29 is 5.11 Å². The summed E-state index contributed by atoms with van der Waals surface area (Å²) in [4.78, 5) is 3.25. The van der Waals surface area contributed by atoms with E-state index in [9.17, 15) is 5.11 Å². The minimum absolute atomic E-state index is 0.249. The molecular formula is C14H16N4O. The molecule has 0 bridgehead atoms. The fourth-order valence-electron chi connectivity index (χ4n) is 2.43. The van der Waals surface area contributed by atoms with Gasteiger partial charge in [0.1, 0.15) is 11.6 Å². The number of aromatic nitrogens is 3. The Morgan fingerprint density at radius 3 is 2.63 bits per heavy atom. The Balaban J connectivity index is 2.34. The molecule has 2 heterocycles. The van der Waals surface area contributed by atoms with Gasteiger partial charge in [0.2, 0.25) is 0 Å². The van der Waals surface area contributed by atoms with Gasteiger partial charge in [-0.1, -0.05) is 0 Å². The van der Waals surface area contributed by atoms with Crippen molar-refractivity contribution in [2.45, 2.75) is 13.8 Å². The normalized spacial score (nSPS) is 11.3. The second kappa shape index (κ2) is 3.78. The zero-order chi connectivity index (χ0) is 13.7. The van der Waals surface area contributed by atoms with Crippen molar-refractivity contribution in [3.63, 3.8) is 0 Å². The molecule has 5 heteroatoms. The first kappa shape index (κ1) is 11.6. The Kier molecular flexibility index (Phi) is 2.32. The number of aromatic hydroxyl groups is 1. The van der Waals surface area contributed by atoms with Crippen LogP contribution in [0.15, 0.2) is 18.3 Å². The highest BCUT2D eigenvalue weighted by atomic mass is 16.3. The topological polar surface area (TPSA) is 79.9 Å². The van der Waals surface area contributed by atoms with E-state index in [0.29, 0.717) is 11.4 Å². The van der Waals surface area contributed by atoms with Crippen LogP contribution in [-0.2, 0) is 7.05 Å². The summed E-state index contributed by atoms with van der Waals surface area (Å²) in [6, 6.07) is 3.82. The first-order chi connectivity index (χ1) is 9.00. The average Bonchev–Trinajstić information content (AvgIpc) is 2.84. The number of phenols is 1. The Morgan fingerprint density at radius 1 is 1.26 bits per heavy atom. The van der Waals surface area contributed by atoms with Gasteiger partial charge in [0.05, 0.1) is 6.20 Å². The summed E-state index contributed by atoms with van der Waals surface area (Å²) >= 11 is 0. The molecule has 1 aromatic carbocycles. The molecule has 0 atom stereocenters. The van der Waals surface area contributed by atoms with Gasteiger partial charge in [0.25, 0.3) is 0 Å². The molecule has 98 valence electrons. The van der Waals surface area contributed by atoms with Crippen molar-refractivity contribution in [2.24, 2.45) is 7.05 Å². The third-order valence-corrected chi connectivity index (χ3v) is 3.71. The van der Waals surface area contributed by atoms with Gasteiger partial charge in [-0.3, -0.25) is 4.68 Å². The molecule has 2 aromatic heterocycles. The number of nitrogen functional groups attached to an aromatic ring is 1. The van der Waals surface area contributed by atoms with Crippen molar-refractivity contribution in [3.8, 4) is 16.9 Å². The van der Waals surface area contributed by atoms with Crippen LogP contribution in [0.3, 0.4) is 0 Å². The van der Waals surface area contributed by atoms with Crippen LogP contribution < -0.4 is 5.73 Å². The number of benzene rings is 1. The predicted octanol–water partition coefficient (Wildman–Crippen LogP) is 2.47. The molecular weight excluding hydrogens is 240 g/mol. The SMILES string of the molecule is Cc1[nH]c2ccc(-c3cnn(C)c3N)c(O)c2c1C. The molecule has 0 aliphatic heterocycles. The molecule has 0 amide bonds. The lowest BCUT2D eigenvalue weighted by Crippen LogP contribution is -1.98. The Hall–Kier alpha value is -2.43. The van der Waals surface area contributed by atoms with Gasteiger partial charge in [-0.25, -0.2) is 0 Å². The number of hydrogen-bond acceptors (Lipinski definition) is 3. The number of nitrogens with one attached hydrogen (secondary N) is 1. The van der Waals surface area contributed by atoms with Crippen molar-refractivity contribution in [1.82, 2.24) is 14.8 Å². The van der Waals surface area contributed by atoms with Crippen LogP contribution in [0.25, 0.3) is 22.0 Å². The van der Waals surface area contributed by atoms with Crippen molar-refractivity contribution in [2.75, 3.05) is 5.73 Å². The maximum Gasteiger partial charge on any atom is 0.133 e. The molecule has 0 spiro atoms. The molecule has 5 nitrogen and oxygen atoms in total. The number of fused-ring (bicyclic) bond motifs is 1. The average molecular weight is 256 g/mol. The van der Waals surface area contributed by atoms with Gasteiger partial charge < -0.3 is 15.8 Å². The first-order valence-electron chi connectivity index (χ1n) is 6.09. The highest BCUT2D eigenvalue weighted by molar-refractivity contribution is 5.97. The first-order valence-corrected chi connectivity index (χ1v) is 6.09. The zero-order valence-corrected chi connectivity index (χ0v) is 11.2. The van der Waals surface area contributed by atoms with Crippen molar-refractivity contribution in [1.29, 1.82) is 0 Å². The highest BCUT2D eigenvalue weighted by Gasteiger charge is 2.16. The second-order valence-corrected chi connectivity index (χ2v) is 4.83. The number of nitrogens with two attached hydrogens (primary N) is 1. The van der Waals surface area contributed by atoms with Crippen LogP contribution >= 0.6 is 0 Å². The quantitative estimate of drug-likeness (QED) is 0.625. The molecule has 0 fully saturated rings. The zero-order valence-electron chi connectivity index (χ0n) is 11.2. The van der Waals surface area contributed by atoms with E-state index in [1.165, 1.54) is 0 Å². The number of hydrogen-bond donors (Lipinski definition) is 3. The smallest absolute Gasteiger partial charge is 0.133 e. The number of nitrogens with zero attached hydrogens (tertiary/aromatic N) is 2. The molecule has 0 saturated heterocycles. The summed E-state index contributed by atoms with van der Waals surface area (Å²) in [6.07, 6.45) is 1.67. The van der Waals surface area contributed by atoms with Gasteiger partial charge >= 0.3 is 0 Å². The van der Waals surface area contributed by atoms with E-state index in [1.807, 2.05) is 26.0 Å². The third kappa shape index (κ3) is 1.51. The van der Waals surface area contributed by atoms with Crippen LogP contribution in [0, 0.1) is 13.8 Å². The van der Waals surface area contributed by atoms with Gasteiger partial charge in [0.15, 0.2) is 0 Å². The van der Waals surface area contributed by atoms with E-state index in [2.05, 4.69) is 10.1 Å². The van der Waals surface area contributed by atoms with E-state index in [4.69, 9.17) is 5.73 Å². The van der Waals surface area contributed by atoms with Gasteiger partial charge in [-0.15, -0.1) is 0 Å². The summed E-state index contributed by atoms with van der Waals surface area (Å²) in [5.41, 5.74) is 10.5. The molecule has 0 unspecified atom stereocenters. The Bertz CT molecular complexity index is 782. The number of H-pyrrole nitrogens is 1. The van der Waals surface area contributed by atoms with E-state index in [0.717, 1.165) is 27.7 Å². The molecule has 4 N–H and O–H groups in total. The summed E-state index contributed by atoms with van der Waals surface area (Å²) in [5.74, 6) is 0.790. The lowest BCUT2D eigenvalue weighted by molar-refractivity contribution is 0.483. The van der Waals surface area contributed by atoms with Gasteiger partial charge in [-0.2, -0.15) is 5.10 Å². The predicted molar refractivity (Wildman–Crippen MR) is 76.1 cm³/mol. The van der Waals surface area contributed by atoms with E-state index >= 15 is 0 Å². The summed E-state index contributed by atoms with van der Waals surface area (Å²) in [7, 11) is 1.78. The number of phenolic OH excluding ortho intramolecular Hbond substituents is 1. The maximum atomic E-state index is 10.5. The minimum Gasteiger partial charge on any atom is -0.507 e. The molecule has 0 aliphatic rings. The van der Waals surface area contributed by atoms with Crippen molar-refractivity contribution in [3.05, 3.63) is 29.6 Å². The van der Waals surface area contributed by atoms with Crippen LogP contribution in [0.5, 0.6) is 5.75 Å². The fraction of sp³-hybridized carbons (Fsp3) is 0.214. The van der Waals surface area contributed by atoms with Gasteiger partial charge in [0, 0.05) is 34.8 Å². The Morgan fingerprint density at radius 2 is 2.00 bits per heavy atom. The second-order valence-electron chi connectivity index (χ2n) is 4.83. The lowest BCUT2D eigenvalue weighted by Gasteiger charge is -2.06. The molecule has 0 aliphatic carbocycles. The third-order valence-electron chi connectivity index (χ3n) is 3.71. The number of aromatic amines is 1. The van der Waals surface area contributed by atoms with Crippen LogP contribution in [-0.4, -0.2) is 19.9 Å². The monoisotopic (exact) mass is 256 g/mol. The summed E-state index contributed by atoms with van der Waals surface area (Å²) < 4.78 is 1.59. The van der Waals surface area contributed by atoms with E-state index in [1.54, 1.807) is 17.9 Å². The van der Waals surface area contributed by atoms with Crippen LogP contribution in [0.1, 0.15) is 11.3 Å². The highest BCUT2D eigenvalue weighted by Crippen LogP contribution is 2.39. The number of aryl methyl sites for hydroxylation is 3. The number of rotatable bonds is 1. The van der Waals surface area contributed by atoms with E-state index < -0.39 is 0 Å². The fourth-order valence-corrected chi connectivity index (χ4v) is 2.43. The molecule has 19 heavy (non-hydrogen) atoms.